The van der Waals surface area contributed by atoms with Crippen molar-refractivity contribution in [2.45, 2.75) is 73.6 Å². The average molecular weight is 1020 g/mol. The predicted molar refractivity (Wildman–Crippen MR) is 219 cm³/mol. The van der Waals surface area contributed by atoms with Crippen LogP contribution in [0.2, 0.25) is 0 Å². The van der Waals surface area contributed by atoms with Gasteiger partial charge >= 0.3 is 23.2 Å². The average Bonchev–Trinajstić information content (AvgIpc) is 4.14. The third-order valence-electron chi connectivity index (χ3n) is 10.9. The van der Waals surface area contributed by atoms with E-state index < -0.39 is 123 Å². The number of nitrogens with zero attached hydrogens (tertiary/aromatic N) is 12. The van der Waals surface area contributed by atoms with Gasteiger partial charge in [0.15, 0.2) is 53.1 Å². The van der Waals surface area contributed by atoms with Crippen molar-refractivity contribution in [3.63, 3.8) is 0 Å². The van der Waals surface area contributed by atoms with Gasteiger partial charge in [-0.1, -0.05) is 0 Å². The van der Waals surface area contributed by atoms with Crippen LogP contribution in [0.5, 0.6) is 0 Å². The van der Waals surface area contributed by atoms with Crippen LogP contribution in [0.1, 0.15) is 18.7 Å². The third kappa shape index (κ3) is 9.42. The second kappa shape index (κ2) is 18.4. The number of fused-ring (bicyclic) bond motifs is 3. The maximum Gasteiger partial charge on any atom is 0.472 e. The first-order valence-electron chi connectivity index (χ1n) is 19.6. The minimum atomic E-state index is -5.38. The second-order valence-corrected chi connectivity index (χ2v) is 19.7. The molecular weight excluding hydrogens is 979 g/mol. The molecule has 3 aliphatic heterocycles. The fraction of sp³-hybridized carbons (Fsp3) is 0.516. The third-order valence-corrected chi connectivity index (χ3v) is 13.4. The number of hydrogen-bond donors (Lipinski definition) is 11. The van der Waals surface area contributed by atoms with E-state index in [-0.39, 0.29) is 50.9 Å². The molecule has 0 radical (unpaired) electrons. The van der Waals surface area contributed by atoms with Gasteiger partial charge in [-0.2, -0.15) is 0 Å². The molecule has 0 spiro atoms. The Morgan fingerprint density at radius 2 is 0.941 bits per heavy atom. The van der Waals surface area contributed by atoms with Crippen LogP contribution in [0.15, 0.2) is 38.0 Å². The molecule has 14 atom stereocenters. The molecule has 6 aromatic rings. The van der Waals surface area contributed by atoms with Gasteiger partial charge in [-0.3, -0.25) is 31.8 Å². The number of aliphatic hydroxyl groups is 4. The molecule has 9 heterocycles. The molecule has 3 aliphatic rings. The van der Waals surface area contributed by atoms with Crippen LogP contribution < -0.4 is 17.2 Å². The number of rotatable bonds is 17. The van der Waals surface area contributed by atoms with Crippen molar-refractivity contribution in [3.8, 4) is 0 Å². The normalized spacial score (nSPS) is 30.7. The first kappa shape index (κ1) is 48.1. The molecule has 6 aromatic heterocycles. The van der Waals surface area contributed by atoms with Crippen LogP contribution in [-0.4, -0.2) is 180 Å². The quantitative estimate of drug-likeness (QED) is 0.0396. The summed E-state index contributed by atoms with van der Waals surface area (Å²) >= 11 is 0. The molecule has 68 heavy (non-hydrogen) atoms. The smallest absolute Gasteiger partial charge is 0.387 e. The Morgan fingerprint density at radius 1 is 0.529 bits per heavy atom. The summed E-state index contributed by atoms with van der Waals surface area (Å²) in [6.07, 6.45) is -13.7. The number of phosphoric acid groups is 2. The Labute approximate surface area is 377 Å². The van der Waals surface area contributed by atoms with Gasteiger partial charge in [-0.25, -0.2) is 54.0 Å². The number of aliphatic hydroxyl groups excluding tert-OH is 4. The highest BCUT2D eigenvalue weighted by Gasteiger charge is 2.52. The van der Waals surface area contributed by atoms with Crippen LogP contribution in [0.3, 0.4) is 0 Å². The van der Waals surface area contributed by atoms with Crippen LogP contribution in [0, 0.1) is 0 Å². The zero-order valence-electron chi connectivity index (χ0n) is 34.2. The number of imidazole rings is 3. The summed E-state index contributed by atoms with van der Waals surface area (Å²) in [5, 5.41) is 44.3. The van der Waals surface area contributed by atoms with Crippen LogP contribution in [-0.2, 0) is 50.7 Å². The Balaban J connectivity index is 0.893. The van der Waals surface area contributed by atoms with E-state index in [2.05, 4.69) is 49.4 Å². The van der Waals surface area contributed by atoms with Gasteiger partial charge in [0, 0.05) is 0 Å². The summed E-state index contributed by atoms with van der Waals surface area (Å²) in [7, 11) is -15.3. The van der Waals surface area contributed by atoms with Gasteiger partial charge in [0.25, 0.3) is 0 Å². The highest BCUT2D eigenvalue weighted by atomic mass is 31.2. The van der Waals surface area contributed by atoms with Crippen molar-refractivity contribution < 1.29 is 90.7 Å². The zero-order valence-corrected chi connectivity index (χ0v) is 36.9. The summed E-state index contributed by atoms with van der Waals surface area (Å²) in [5.74, 6) is -0.0730. The SMILES string of the molecule is Nc1ncnc2c1ncn2[C@@H]1O[C@H](COP(=O)(O)CO[C@H]2[C@H](O)[C@@H](COP(=O)(O)O[C@@H]3[C@H](O)[C@@H](COP(=O)(O)O)O[C@H]3n3cnc4c(N)ncnc43)O[C@H]2n2cnc3c(N)ncnc32)[C@@H](O)[C@H]1O. The first-order chi connectivity index (χ1) is 32.2. The molecule has 3 saturated heterocycles. The summed E-state index contributed by atoms with van der Waals surface area (Å²) in [6.45, 7) is -2.65. The minimum Gasteiger partial charge on any atom is -0.387 e. The van der Waals surface area contributed by atoms with Crippen molar-refractivity contribution in [3.05, 3.63) is 38.0 Å². The molecule has 2 unspecified atom stereocenters. The number of nitrogen functional groups attached to an aromatic ring is 3. The van der Waals surface area contributed by atoms with Gasteiger partial charge in [0.1, 0.15) is 96.8 Å². The second-order valence-electron chi connectivity index (χ2n) is 15.2. The van der Waals surface area contributed by atoms with E-state index in [0.29, 0.717) is 0 Å². The van der Waals surface area contributed by atoms with E-state index >= 15 is 0 Å². The van der Waals surface area contributed by atoms with Crippen molar-refractivity contribution in [1.29, 1.82) is 0 Å². The highest BCUT2D eigenvalue weighted by Crippen LogP contribution is 2.51. The molecule has 3 fully saturated rings. The summed E-state index contributed by atoms with van der Waals surface area (Å²) < 4.78 is 85.8. The first-order valence-corrected chi connectivity index (χ1v) is 24.4. The molecule has 0 amide bonds. The number of nitrogens with two attached hydrogens (primary N) is 3. The Morgan fingerprint density at radius 3 is 1.44 bits per heavy atom. The maximum atomic E-state index is 13.6. The molecule has 9 rings (SSSR count). The van der Waals surface area contributed by atoms with Crippen molar-refractivity contribution in [1.82, 2.24) is 58.6 Å². The summed E-state index contributed by atoms with van der Waals surface area (Å²) in [4.78, 5) is 76.7. The highest BCUT2D eigenvalue weighted by molar-refractivity contribution is 7.52. The Bertz CT molecular complexity index is 2960. The van der Waals surface area contributed by atoms with Gasteiger partial charge in [-0.05, 0) is 0 Å². The van der Waals surface area contributed by atoms with Gasteiger partial charge in [-0.15, -0.1) is 0 Å². The lowest BCUT2D eigenvalue weighted by Crippen LogP contribution is -2.37. The fourth-order valence-corrected chi connectivity index (χ4v) is 9.74. The molecule has 0 bridgehead atoms. The lowest BCUT2D eigenvalue weighted by Gasteiger charge is -2.25. The lowest BCUT2D eigenvalue weighted by molar-refractivity contribution is -0.0688. The number of anilines is 3. The molecule has 34 nitrogen and oxygen atoms in total. The molecule has 368 valence electrons. The summed E-state index contributed by atoms with van der Waals surface area (Å²) in [5.41, 5.74) is 18.3. The molecule has 0 saturated carbocycles. The summed E-state index contributed by atoms with van der Waals surface area (Å²) in [6, 6.07) is 0. The maximum absolute atomic E-state index is 13.6. The van der Waals surface area contributed by atoms with E-state index in [4.69, 9.17) is 49.7 Å². The predicted octanol–water partition coefficient (Wildman–Crippen LogP) is -3.46. The number of aromatic nitrogens is 12. The molecule has 0 aromatic carbocycles. The molecule has 37 heteroatoms. The van der Waals surface area contributed by atoms with Crippen molar-refractivity contribution in [2.24, 2.45) is 0 Å². The molecule has 0 aliphatic carbocycles. The zero-order chi connectivity index (χ0) is 48.4. The van der Waals surface area contributed by atoms with E-state index in [1.54, 1.807) is 0 Å². The van der Waals surface area contributed by atoms with E-state index in [1.165, 1.54) is 21.8 Å². The van der Waals surface area contributed by atoms with Crippen LogP contribution in [0.4, 0.5) is 17.5 Å². The van der Waals surface area contributed by atoms with E-state index in [0.717, 1.165) is 29.9 Å². The largest absolute Gasteiger partial charge is 0.472 e. The number of hydrogen-bond acceptors (Lipinski definition) is 27. The van der Waals surface area contributed by atoms with E-state index in [9.17, 15) is 53.7 Å². The Hall–Kier alpha value is -4.90. The van der Waals surface area contributed by atoms with Gasteiger partial charge in [0.2, 0.25) is 0 Å². The molecular formula is C31H40N15O19P3. The standard InChI is InChI=1S/C31H40N15O19P3/c32-23-14-26(38-4-35-23)44(7-41-14)29-20(50)17(47)11(62-29)1-59-66(51,52)10-58-21-18(48)13(63-30(21)45-8-42-15-24(33)36-5-39-27(15)45)3-61-68(56,57)65-22-19(49)12(2-60-67(53,54)55)64-31(22)46-9-43-16-25(34)37-6-40-28(16)46/h4-9,11-13,17-22,29-31,47-50H,1-3,10H2,(H,51,52)(H,56,57)(H2,32,35,38)(H2,33,36,39)(H2,34,37,40)(H2,53,54,55)/t11-,12-,13-,17-,18-,19-,20-,21+,22-,29-,30-,31-/m1/s1. The van der Waals surface area contributed by atoms with Gasteiger partial charge in [0.05, 0.1) is 38.8 Å². The lowest BCUT2D eigenvalue weighted by atomic mass is 10.1. The van der Waals surface area contributed by atoms with E-state index in [1.807, 2.05) is 0 Å². The van der Waals surface area contributed by atoms with Crippen molar-refractivity contribution in [2.75, 3.05) is 43.4 Å². The number of phosphoric ester groups is 2. The van der Waals surface area contributed by atoms with Crippen LogP contribution >= 0.6 is 23.2 Å². The fourth-order valence-electron chi connectivity index (χ4n) is 7.65. The van der Waals surface area contributed by atoms with Crippen LogP contribution in [0.25, 0.3) is 33.5 Å². The molecule has 14 N–H and O–H groups in total. The number of ether oxygens (including phenoxy) is 4. The van der Waals surface area contributed by atoms with Gasteiger partial charge < -0.3 is 80.7 Å². The monoisotopic (exact) mass is 1020 g/mol. The van der Waals surface area contributed by atoms with Crippen molar-refractivity contribution >= 4 is 74.2 Å². The minimum absolute atomic E-state index is 0.00326. The topological polar surface area (TPSA) is 496 Å². The Kier molecular flexibility index (Phi) is 13.1.